The van der Waals surface area contributed by atoms with Crippen molar-refractivity contribution in [3.8, 4) is 17.2 Å². The summed E-state index contributed by atoms with van der Waals surface area (Å²) in [6.07, 6.45) is 1.29. The second kappa shape index (κ2) is 9.84. The normalized spacial score (nSPS) is 11.0. The van der Waals surface area contributed by atoms with Crippen LogP contribution in [0, 0.1) is 13.8 Å². The molecular formula is C21H22ClNO6. The van der Waals surface area contributed by atoms with E-state index in [1.807, 2.05) is 13.8 Å². The number of aliphatic carboxylic acids is 1. The molecule has 0 aromatic heterocycles. The van der Waals surface area contributed by atoms with Gasteiger partial charge in [-0.1, -0.05) is 23.7 Å². The van der Waals surface area contributed by atoms with Crippen LogP contribution in [0.15, 0.2) is 36.0 Å². The predicted molar refractivity (Wildman–Crippen MR) is 110 cm³/mol. The van der Waals surface area contributed by atoms with Crippen LogP contribution >= 0.6 is 11.6 Å². The number of carboxylic acids is 1. The van der Waals surface area contributed by atoms with Gasteiger partial charge in [-0.15, -0.1) is 0 Å². The summed E-state index contributed by atoms with van der Waals surface area (Å²) >= 11 is 6.11. The minimum Gasteiger partial charge on any atom is -0.493 e. The van der Waals surface area contributed by atoms with Crippen molar-refractivity contribution in [2.24, 2.45) is 0 Å². The third-order valence-electron chi connectivity index (χ3n) is 4.02. The third-order valence-corrected chi connectivity index (χ3v) is 4.61. The molecule has 2 aromatic carbocycles. The number of para-hydroxylation sites is 1. The highest BCUT2D eigenvalue weighted by atomic mass is 35.5. The van der Waals surface area contributed by atoms with Gasteiger partial charge in [0.2, 0.25) is 0 Å². The lowest BCUT2D eigenvalue weighted by Gasteiger charge is -2.12. The second-order valence-corrected chi connectivity index (χ2v) is 6.53. The first-order chi connectivity index (χ1) is 13.8. The Morgan fingerprint density at radius 3 is 2.34 bits per heavy atom. The molecule has 2 rings (SSSR count). The van der Waals surface area contributed by atoms with Gasteiger partial charge in [0.15, 0.2) is 18.1 Å². The smallest absolute Gasteiger partial charge is 0.352 e. The first kappa shape index (κ1) is 22.1. The van der Waals surface area contributed by atoms with Crippen LogP contribution in [-0.4, -0.2) is 37.8 Å². The Labute approximate surface area is 173 Å². The number of halogens is 1. The van der Waals surface area contributed by atoms with E-state index in [0.717, 1.165) is 11.1 Å². The molecular weight excluding hydrogens is 398 g/mol. The molecule has 2 N–H and O–H groups in total. The van der Waals surface area contributed by atoms with Crippen LogP contribution < -0.4 is 19.5 Å². The Morgan fingerprint density at radius 1 is 1.14 bits per heavy atom. The van der Waals surface area contributed by atoms with Crippen molar-refractivity contribution >= 4 is 29.6 Å². The van der Waals surface area contributed by atoms with Gasteiger partial charge in [0.1, 0.15) is 11.4 Å². The summed E-state index contributed by atoms with van der Waals surface area (Å²) in [5.74, 6) is -0.664. The largest absolute Gasteiger partial charge is 0.493 e. The number of carbonyl (C=O) groups is 2. The van der Waals surface area contributed by atoms with Gasteiger partial charge in [0.05, 0.1) is 14.2 Å². The minimum atomic E-state index is -1.30. The summed E-state index contributed by atoms with van der Waals surface area (Å²) < 4.78 is 15.9. The molecule has 8 heteroatoms. The number of rotatable bonds is 8. The SMILES string of the molecule is COc1cccc(/C=C(/NC(=O)COc2cc(C)c(Cl)c(C)c2)C(=O)O)c1OC. The molecule has 0 spiro atoms. The lowest BCUT2D eigenvalue weighted by Crippen LogP contribution is -2.31. The Morgan fingerprint density at radius 2 is 1.79 bits per heavy atom. The van der Waals surface area contributed by atoms with Crippen LogP contribution in [-0.2, 0) is 9.59 Å². The Hall–Kier alpha value is -3.19. The number of carbonyl (C=O) groups excluding carboxylic acids is 1. The maximum absolute atomic E-state index is 12.2. The maximum atomic E-state index is 12.2. The third kappa shape index (κ3) is 5.65. The van der Waals surface area contributed by atoms with Crippen LogP contribution in [0.5, 0.6) is 17.2 Å². The quantitative estimate of drug-likeness (QED) is 0.635. The number of benzene rings is 2. The highest BCUT2D eigenvalue weighted by Gasteiger charge is 2.15. The van der Waals surface area contributed by atoms with Crippen molar-refractivity contribution in [2.45, 2.75) is 13.8 Å². The molecule has 2 aromatic rings. The summed E-state index contributed by atoms with van der Waals surface area (Å²) in [6.45, 7) is 3.30. The number of hydrogen-bond donors (Lipinski definition) is 2. The minimum absolute atomic E-state index is 0.325. The van der Waals surface area contributed by atoms with E-state index in [4.69, 9.17) is 25.8 Å². The van der Waals surface area contributed by atoms with Crippen molar-refractivity contribution in [2.75, 3.05) is 20.8 Å². The van der Waals surface area contributed by atoms with E-state index in [9.17, 15) is 14.7 Å². The van der Waals surface area contributed by atoms with Crippen LogP contribution in [0.3, 0.4) is 0 Å². The van der Waals surface area contributed by atoms with Crippen molar-refractivity contribution < 1.29 is 28.9 Å². The van der Waals surface area contributed by atoms with Crippen LogP contribution in [0.4, 0.5) is 0 Å². The fourth-order valence-corrected chi connectivity index (χ4v) is 2.77. The van der Waals surface area contributed by atoms with Gasteiger partial charge < -0.3 is 24.6 Å². The molecule has 1 amide bonds. The van der Waals surface area contributed by atoms with E-state index in [2.05, 4.69) is 5.32 Å². The fourth-order valence-electron chi connectivity index (χ4n) is 2.66. The molecule has 0 aliphatic rings. The van der Waals surface area contributed by atoms with Gasteiger partial charge in [0.25, 0.3) is 5.91 Å². The summed E-state index contributed by atoms with van der Waals surface area (Å²) in [4.78, 5) is 23.8. The summed E-state index contributed by atoms with van der Waals surface area (Å²) in [5.41, 5.74) is 1.75. The van der Waals surface area contributed by atoms with Crippen LogP contribution in [0.2, 0.25) is 5.02 Å². The molecule has 0 saturated heterocycles. The van der Waals surface area contributed by atoms with Gasteiger partial charge in [0, 0.05) is 10.6 Å². The standard InChI is InChI=1S/C21H22ClNO6/c1-12-8-15(9-13(2)19(12)22)29-11-18(24)23-16(21(25)26)10-14-6-5-7-17(27-3)20(14)28-4/h5-10H,11H2,1-4H3,(H,23,24)(H,25,26)/b16-10+. The monoisotopic (exact) mass is 419 g/mol. The summed E-state index contributed by atoms with van der Waals surface area (Å²) in [5, 5.41) is 12.4. The van der Waals surface area contributed by atoms with Gasteiger partial charge in [-0.3, -0.25) is 4.79 Å². The molecule has 0 radical (unpaired) electrons. The number of aryl methyl sites for hydroxylation is 2. The molecule has 0 unspecified atom stereocenters. The molecule has 0 atom stereocenters. The molecule has 0 aliphatic heterocycles. The predicted octanol–water partition coefficient (Wildman–Crippen LogP) is 3.59. The number of methoxy groups -OCH3 is 2. The number of carboxylic acid groups (broad SMARTS) is 1. The number of hydrogen-bond acceptors (Lipinski definition) is 5. The number of ether oxygens (including phenoxy) is 3. The van der Waals surface area contributed by atoms with E-state index in [1.165, 1.54) is 20.3 Å². The van der Waals surface area contributed by atoms with E-state index in [1.54, 1.807) is 30.3 Å². The Kier molecular flexibility index (Phi) is 7.50. The van der Waals surface area contributed by atoms with E-state index >= 15 is 0 Å². The lowest BCUT2D eigenvalue weighted by molar-refractivity contribution is -0.134. The van der Waals surface area contributed by atoms with Gasteiger partial charge in [-0.05, 0) is 49.2 Å². The highest BCUT2D eigenvalue weighted by Crippen LogP contribution is 2.32. The molecule has 7 nitrogen and oxygen atoms in total. The molecule has 0 heterocycles. The zero-order valence-corrected chi connectivity index (χ0v) is 17.3. The number of amides is 1. The maximum Gasteiger partial charge on any atom is 0.352 e. The van der Waals surface area contributed by atoms with Gasteiger partial charge >= 0.3 is 5.97 Å². The highest BCUT2D eigenvalue weighted by molar-refractivity contribution is 6.32. The van der Waals surface area contributed by atoms with Crippen molar-refractivity contribution in [1.29, 1.82) is 0 Å². The fraction of sp³-hybridized carbons (Fsp3) is 0.238. The zero-order chi connectivity index (χ0) is 21.6. The second-order valence-electron chi connectivity index (χ2n) is 6.15. The van der Waals surface area contributed by atoms with E-state index < -0.39 is 11.9 Å². The first-order valence-electron chi connectivity index (χ1n) is 8.62. The topological polar surface area (TPSA) is 94.1 Å². The van der Waals surface area contributed by atoms with Gasteiger partial charge in [-0.25, -0.2) is 4.79 Å². The van der Waals surface area contributed by atoms with E-state index in [-0.39, 0.29) is 12.3 Å². The van der Waals surface area contributed by atoms with Crippen molar-refractivity contribution in [3.63, 3.8) is 0 Å². The molecule has 0 bridgehead atoms. The molecule has 0 aliphatic carbocycles. The molecule has 0 fully saturated rings. The molecule has 0 saturated carbocycles. The van der Waals surface area contributed by atoms with Crippen LogP contribution in [0.1, 0.15) is 16.7 Å². The van der Waals surface area contributed by atoms with Gasteiger partial charge in [-0.2, -0.15) is 0 Å². The average molecular weight is 420 g/mol. The number of nitrogens with one attached hydrogen (secondary N) is 1. The van der Waals surface area contributed by atoms with Crippen molar-refractivity contribution in [3.05, 3.63) is 57.7 Å². The van der Waals surface area contributed by atoms with Crippen LogP contribution in [0.25, 0.3) is 6.08 Å². The van der Waals surface area contributed by atoms with E-state index in [0.29, 0.717) is 27.8 Å². The molecule has 29 heavy (non-hydrogen) atoms. The van der Waals surface area contributed by atoms with Crippen molar-refractivity contribution in [1.82, 2.24) is 5.32 Å². The Bertz CT molecular complexity index is 931. The zero-order valence-electron chi connectivity index (χ0n) is 16.5. The molecule has 154 valence electrons. The Balaban J connectivity index is 2.16. The summed E-state index contributed by atoms with van der Waals surface area (Å²) in [6, 6.07) is 8.42. The average Bonchev–Trinajstić information content (AvgIpc) is 2.69. The lowest BCUT2D eigenvalue weighted by atomic mass is 10.1. The first-order valence-corrected chi connectivity index (χ1v) is 9.00. The summed E-state index contributed by atoms with van der Waals surface area (Å²) in [7, 11) is 2.92.